The van der Waals surface area contributed by atoms with Gasteiger partial charge in [0.1, 0.15) is 6.54 Å². The summed E-state index contributed by atoms with van der Waals surface area (Å²) in [6.45, 7) is 8.34. The van der Waals surface area contributed by atoms with Gasteiger partial charge in [-0.15, -0.1) is 0 Å². The maximum absolute atomic E-state index is 11.7. The number of hydrogen-bond donors (Lipinski definition) is 2. The van der Waals surface area contributed by atoms with Crippen molar-refractivity contribution >= 4 is 6.03 Å². The highest BCUT2D eigenvalue weighted by Gasteiger charge is 2.14. The van der Waals surface area contributed by atoms with Gasteiger partial charge in [-0.2, -0.15) is 0 Å². The van der Waals surface area contributed by atoms with E-state index in [0.29, 0.717) is 0 Å². The average Bonchev–Trinajstić information content (AvgIpc) is 2.44. The van der Waals surface area contributed by atoms with Crippen LogP contribution in [-0.2, 0) is 4.74 Å². The summed E-state index contributed by atoms with van der Waals surface area (Å²) in [6, 6.07) is -0.0528. The van der Waals surface area contributed by atoms with Gasteiger partial charge in [0.25, 0.3) is 0 Å². The SMILES string of the molecule is C.CCCOCC[N+](C)(C)CCCNC(=O)NCCC[N+](C)(C)C. The van der Waals surface area contributed by atoms with Gasteiger partial charge in [-0.3, -0.25) is 0 Å². The van der Waals surface area contributed by atoms with Gasteiger partial charge in [0.15, 0.2) is 0 Å². The van der Waals surface area contributed by atoms with Gasteiger partial charge in [0, 0.05) is 32.5 Å². The van der Waals surface area contributed by atoms with Gasteiger partial charge in [0.2, 0.25) is 0 Å². The smallest absolute Gasteiger partial charge is 0.314 e. The summed E-state index contributed by atoms with van der Waals surface area (Å²) >= 11 is 0. The Kier molecular flexibility index (Phi) is 14.2. The maximum Gasteiger partial charge on any atom is 0.314 e. The Hall–Kier alpha value is -0.850. The summed E-state index contributed by atoms with van der Waals surface area (Å²) in [6.07, 6.45) is 3.05. The van der Waals surface area contributed by atoms with Crippen molar-refractivity contribution in [3.05, 3.63) is 0 Å². The first kappa shape index (κ1) is 25.4. The summed E-state index contributed by atoms with van der Waals surface area (Å²) in [4.78, 5) is 11.7. The van der Waals surface area contributed by atoms with E-state index in [1.165, 1.54) is 0 Å². The topological polar surface area (TPSA) is 50.4 Å². The van der Waals surface area contributed by atoms with Crippen LogP contribution < -0.4 is 10.6 Å². The van der Waals surface area contributed by atoms with Crippen molar-refractivity contribution in [1.29, 1.82) is 0 Å². The molecule has 146 valence electrons. The van der Waals surface area contributed by atoms with Crippen molar-refractivity contribution in [2.24, 2.45) is 0 Å². The highest BCUT2D eigenvalue weighted by Crippen LogP contribution is 1.99. The lowest BCUT2D eigenvalue weighted by molar-refractivity contribution is -0.890. The minimum atomic E-state index is -0.0528. The Balaban J connectivity index is 0. The van der Waals surface area contributed by atoms with Crippen LogP contribution in [-0.4, -0.2) is 96.2 Å². The second-order valence-electron chi connectivity index (χ2n) is 7.90. The molecule has 6 heteroatoms. The number of carbonyl (C=O) groups is 1. The molecule has 2 N–H and O–H groups in total. The summed E-state index contributed by atoms with van der Waals surface area (Å²) in [5.74, 6) is 0. The number of carbonyl (C=O) groups excluding carboxylic acids is 1. The molecule has 0 saturated carbocycles. The Morgan fingerprint density at radius 2 is 1.42 bits per heavy atom. The number of hydrogen-bond acceptors (Lipinski definition) is 2. The number of quaternary nitrogens is 2. The molecule has 0 unspecified atom stereocenters. The van der Waals surface area contributed by atoms with Crippen LogP contribution in [0.3, 0.4) is 0 Å². The normalized spacial score (nSPS) is 11.8. The molecule has 0 aliphatic carbocycles. The lowest BCUT2D eigenvalue weighted by Crippen LogP contribution is -2.45. The van der Waals surface area contributed by atoms with Crippen LogP contribution in [0.1, 0.15) is 33.6 Å². The second-order valence-corrected chi connectivity index (χ2v) is 7.90. The van der Waals surface area contributed by atoms with Crippen LogP contribution in [0.25, 0.3) is 0 Å². The minimum absolute atomic E-state index is 0. The molecule has 0 radical (unpaired) electrons. The number of rotatable bonds is 13. The standard InChI is InChI=1S/C17H39N4O2.CH4/c1-7-15-23-16-14-21(5,6)13-9-11-19-17(22)18-10-8-12-20(2,3)4;/h7-16H2,1-6H3,(H-,18,19,22);1H4/q+1;/p+1. The summed E-state index contributed by atoms with van der Waals surface area (Å²) in [5.41, 5.74) is 0. The molecule has 0 aromatic rings. The first-order valence-corrected chi connectivity index (χ1v) is 8.88. The van der Waals surface area contributed by atoms with Gasteiger partial charge in [-0.1, -0.05) is 14.4 Å². The van der Waals surface area contributed by atoms with E-state index < -0.39 is 0 Å². The van der Waals surface area contributed by atoms with Crippen molar-refractivity contribution in [2.45, 2.75) is 33.6 Å². The Morgan fingerprint density at radius 3 is 1.92 bits per heavy atom. The van der Waals surface area contributed by atoms with E-state index in [1.807, 2.05) is 0 Å². The first-order valence-electron chi connectivity index (χ1n) is 8.88. The molecule has 0 aliphatic rings. The van der Waals surface area contributed by atoms with Gasteiger partial charge in [-0.25, -0.2) is 4.79 Å². The van der Waals surface area contributed by atoms with Crippen molar-refractivity contribution in [2.75, 3.05) is 81.2 Å². The number of likely N-dealkylation sites (N-methyl/N-ethyl adjacent to an activating group) is 1. The molecule has 0 heterocycles. The zero-order chi connectivity index (χ0) is 17.8. The average molecular weight is 349 g/mol. The molecule has 2 amide bonds. The van der Waals surface area contributed by atoms with Crippen LogP contribution in [0.4, 0.5) is 4.79 Å². The number of amides is 2. The molecular formula is C18H44N4O2+2. The highest BCUT2D eigenvalue weighted by atomic mass is 16.5. The molecule has 0 spiro atoms. The predicted octanol–water partition coefficient (Wildman–Crippen LogP) is 1.91. The van der Waals surface area contributed by atoms with Crippen LogP contribution in [0.15, 0.2) is 0 Å². The summed E-state index contributed by atoms with van der Waals surface area (Å²) in [5, 5.41) is 5.85. The summed E-state index contributed by atoms with van der Waals surface area (Å²) < 4.78 is 7.40. The Morgan fingerprint density at radius 1 is 0.875 bits per heavy atom. The molecule has 0 aromatic carbocycles. The van der Waals surface area contributed by atoms with E-state index in [1.54, 1.807) is 0 Å². The molecule has 0 bridgehead atoms. The van der Waals surface area contributed by atoms with Gasteiger partial charge in [0.05, 0.1) is 54.9 Å². The molecule has 0 rings (SSSR count). The van der Waals surface area contributed by atoms with E-state index in [0.717, 1.165) is 74.2 Å². The van der Waals surface area contributed by atoms with Gasteiger partial charge >= 0.3 is 6.03 Å². The molecule has 0 atom stereocenters. The largest absolute Gasteiger partial charge is 0.376 e. The van der Waals surface area contributed by atoms with E-state index >= 15 is 0 Å². The third-order valence-electron chi connectivity index (χ3n) is 3.71. The number of ether oxygens (including phenoxy) is 1. The van der Waals surface area contributed by atoms with E-state index in [2.05, 4.69) is 52.8 Å². The zero-order valence-corrected chi connectivity index (χ0v) is 16.3. The maximum atomic E-state index is 11.7. The fraction of sp³-hybridized carbons (Fsp3) is 0.944. The van der Waals surface area contributed by atoms with E-state index in [-0.39, 0.29) is 13.5 Å². The molecule has 0 aromatic heterocycles. The van der Waals surface area contributed by atoms with E-state index in [4.69, 9.17) is 4.74 Å². The Labute approximate surface area is 150 Å². The fourth-order valence-electron chi connectivity index (χ4n) is 2.20. The summed E-state index contributed by atoms with van der Waals surface area (Å²) in [7, 11) is 10.9. The molecule has 0 aliphatic heterocycles. The molecule has 24 heavy (non-hydrogen) atoms. The van der Waals surface area contributed by atoms with Crippen molar-refractivity contribution < 1.29 is 18.5 Å². The second kappa shape index (κ2) is 13.4. The van der Waals surface area contributed by atoms with Gasteiger partial charge in [-0.05, 0) is 6.42 Å². The van der Waals surface area contributed by atoms with Crippen molar-refractivity contribution in [3.63, 3.8) is 0 Å². The first-order chi connectivity index (χ1) is 10.7. The lowest BCUT2D eigenvalue weighted by Gasteiger charge is -2.29. The third-order valence-corrected chi connectivity index (χ3v) is 3.71. The molecular weight excluding hydrogens is 304 g/mol. The Bertz CT molecular complexity index is 315. The van der Waals surface area contributed by atoms with Crippen LogP contribution in [0, 0.1) is 0 Å². The quantitative estimate of drug-likeness (QED) is 0.395. The fourth-order valence-corrected chi connectivity index (χ4v) is 2.20. The molecule has 0 saturated heterocycles. The monoisotopic (exact) mass is 348 g/mol. The van der Waals surface area contributed by atoms with Crippen LogP contribution >= 0.6 is 0 Å². The number of nitrogens with one attached hydrogen (secondary N) is 2. The minimum Gasteiger partial charge on any atom is -0.376 e. The zero-order valence-electron chi connectivity index (χ0n) is 16.3. The van der Waals surface area contributed by atoms with Crippen molar-refractivity contribution in [3.8, 4) is 0 Å². The van der Waals surface area contributed by atoms with E-state index in [9.17, 15) is 4.79 Å². The van der Waals surface area contributed by atoms with Crippen LogP contribution in [0.5, 0.6) is 0 Å². The van der Waals surface area contributed by atoms with Crippen molar-refractivity contribution in [1.82, 2.24) is 10.6 Å². The molecule has 6 nitrogen and oxygen atoms in total. The molecule has 0 fully saturated rings. The lowest BCUT2D eigenvalue weighted by atomic mass is 10.3. The number of nitrogens with zero attached hydrogens (tertiary/aromatic N) is 2. The highest BCUT2D eigenvalue weighted by molar-refractivity contribution is 5.73. The van der Waals surface area contributed by atoms with Crippen LogP contribution in [0.2, 0.25) is 0 Å². The number of urea groups is 1. The van der Waals surface area contributed by atoms with Gasteiger partial charge < -0.3 is 24.3 Å². The third kappa shape index (κ3) is 17.5. The predicted molar refractivity (Wildman–Crippen MR) is 103 cm³/mol.